The number of esters is 1. The fourth-order valence-corrected chi connectivity index (χ4v) is 5.39. The van der Waals surface area contributed by atoms with Crippen molar-refractivity contribution in [2.45, 2.75) is 65.7 Å². The number of cyclic esters (lactones) is 1. The molecule has 0 bridgehead atoms. The topological polar surface area (TPSA) is 77.2 Å². The number of aromatic nitrogens is 3. The normalized spacial score (nSPS) is 20.3. The van der Waals surface area contributed by atoms with E-state index in [4.69, 9.17) is 4.74 Å². The molecule has 1 fully saturated rings. The van der Waals surface area contributed by atoms with Crippen LogP contribution in [-0.2, 0) is 14.9 Å². The molecule has 4 rings (SSSR count). The number of fused-ring (bicyclic) bond motifs is 1. The molecule has 1 saturated heterocycles. The van der Waals surface area contributed by atoms with Gasteiger partial charge in [-0.3, -0.25) is 4.79 Å². The van der Waals surface area contributed by atoms with Crippen LogP contribution in [0.5, 0.6) is 5.75 Å². The van der Waals surface area contributed by atoms with Gasteiger partial charge in [-0.25, -0.2) is 0 Å². The number of unbranched alkanes of at least 4 members (excludes halogenated alkanes) is 2. The van der Waals surface area contributed by atoms with E-state index in [2.05, 4.69) is 44.8 Å². The van der Waals surface area contributed by atoms with Crippen LogP contribution in [0.4, 0.5) is 0 Å². The van der Waals surface area contributed by atoms with Gasteiger partial charge in [0.1, 0.15) is 34.5 Å². The number of benzene rings is 2. The molecule has 0 saturated carbocycles. The third-order valence-corrected chi connectivity index (χ3v) is 7.40. The highest BCUT2D eigenvalue weighted by Crippen LogP contribution is 2.50. The first-order chi connectivity index (χ1) is 15.7. The Morgan fingerprint density at radius 3 is 2.30 bits per heavy atom. The Labute approximate surface area is 196 Å². The van der Waals surface area contributed by atoms with Crippen LogP contribution in [0.15, 0.2) is 42.5 Å². The number of nitrogens with zero attached hydrogens (tertiary/aromatic N) is 3. The fraction of sp³-hybridized carbons (Fsp3) is 0.519. The largest absolute Gasteiger partial charge is 0.506 e. The Balaban J connectivity index is 1.76. The SMILES string of the molecule is CCCCCC(C(C)C1(c2ccc(O)c(-n3nc4ccccc4n3)c2)COC1=O)C(C)(C)C. The van der Waals surface area contributed by atoms with Crippen molar-refractivity contribution in [1.29, 1.82) is 0 Å². The van der Waals surface area contributed by atoms with Crippen molar-refractivity contribution in [3.8, 4) is 11.4 Å². The molecular formula is C27H35N3O3. The summed E-state index contributed by atoms with van der Waals surface area (Å²) in [7, 11) is 0. The number of phenolic OH excluding ortho intramolecular Hbond substituents is 1. The minimum atomic E-state index is -0.737. The van der Waals surface area contributed by atoms with Gasteiger partial charge in [0.15, 0.2) is 0 Å². The maximum absolute atomic E-state index is 13.1. The molecule has 3 unspecified atom stereocenters. The molecule has 33 heavy (non-hydrogen) atoms. The van der Waals surface area contributed by atoms with Crippen LogP contribution in [0.25, 0.3) is 16.7 Å². The molecule has 6 heteroatoms. The van der Waals surface area contributed by atoms with E-state index in [1.807, 2.05) is 36.4 Å². The minimum Gasteiger partial charge on any atom is -0.506 e. The highest BCUT2D eigenvalue weighted by molar-refractivity contribution is 5.89. The van der Waals surface area contributed by atoms with Crippen molar-refractivity contribution >= 4 is 17.0 Å². The predicted octanol–water partition coefficient (Wildman–Crippen LogP) is 5.80. The summed E-state index contributed by atoms with van der Waals surface area (Å²) >= 11 is 0. The van der Waals surface area contributed by atoms with E-state index >= 15 is 0 Å². The smallest absolute Gasteiger partial charge is 0.320 e. The van der Waals surface area contributed by atoms with E-state index in [0.29, 0.717) is 18.2 Å². The van der Waals surface area contributed by atoms with Crippen LogP contribution in [-0.4, -0.2) is 32.7 Å². The molecule has 0 radical (unpaired) electrons. The maximum Gasteiger partial charge on any atom is 0.320 e. The third kappa shape index (κ3) is 4.11. The van der Waals surface area contributed by atoms with Crippen LogP contribution >= 0.6 is 0 Å². The van der Waals surface area contributed by atoms with Gasteiger partial charge in [-0.05, 0) is 53.5 Å². The Morgan fingerprint density at radius 2 is 1.79 bits per heavy atom. The van der Waals surface area contributed by atoms with E-state index in [-0.39, 0.29) is 23.1 Å². The minimum absolute atomic E-state index is 0.0526. The fourth-order valence-electron chi connectivity index (χ4n) is 5.39. The molecule has 2 heterocycles. The zero-order valence-electron chi connectivity index (χ0n) is 20.3. The highest BCUT2D eigenvalue weighted by atomic mass is 16.6. The van der Waals surface area contributed by atoms with Crippen LogP contribution in [0.3, 0.4) is 0 Å². The van der Waals surface area contributed by atoms with Crippen molar-refractivity contribution in [2.24, 2.45) is 17.3 Å². The van der Waals surface area contributed by atoms with Crippen molar-refractivity contribution in [3.63, 3.8) is 0 Å². The summed E-state index contributed by atoms with van der Waals surface area (Å²) in [5.74, 6) is 0.317. The van der Waals surface area contributed by atoms with Gasteiger partial charge in [-0.15, -0.1) is 15.0 Å². The van der Waals surface area contributed by atoms with E-state index < -0.39 is 5.41 Å². The maximum atomic E-state index is 13.1. The lowest BCUT2D eigenvalue weighted by Gasteiger charge is -2.50. The summed E-state index contributed by atoms with van der Waals surface area (Å²) in [6, 6.07) is 12.9. The molecule has 1 aliphatic rings. The van der Waals surface area contributed by atoms with Gasteiger partial charge in [0, 0.05) is 0 Å². The quantitative estimate of drug-likeness (QED) is 0.347. The van der Waals surface area contributed by atoms with Gasteiger partial charge in [-0.2, -0.15) is 0 Å². The molecule has 0 amide bonds. The van der Waals surface area contributed by atoms with Gasteiger partial charge in [-0.1, -0.05) is 72.1 Å². The monoisotopic (exact) mass is 449 g/mol. The lowest BCUT2D eigenvalue weighted by Crippen LogP contribution is -2.59. The van der Waals surface area contributed by atoms with Crippen molar-refractivity contribution in [3.05, 3.63) is 48.0 Å². The van der Waals surface area contributed by atoms with Gasteiger partial charge in [0.25, 0.3) is 0 Å². The number of rotatable bonds is 8. The lowest BCUT2D eigenvalue weighted by molar-refractivity contribution is -0.182. The van der Waals surface area contributed by atoms with Gasteiger partial charge >= 0.3 is 5.97 Å². The molecule has 0 aliphatic carbocycles. The highest BCUT2D eigenvalue weighted by Gasteiger charge is 2.57. The molecule has 3 atom stereocenters. The second-order valence-corrected chi connectivity index (χ2v) is 10.5. The number of carbonyl (C=O) groups is 1. The standard InChI is InChI=1S/C27H35N3O3/c1-6-7-8-11-20(26(3,4)5)18(2)27(17-33-25(27)32)19-14-15-24(31)23(16-19)30-28-21-12-9-10-13-22(21)29-30/h9-10,12-16,18,20,31H,6-8,11,17H2,1-5H3. The predicted molar refractivity (Wildman–Crippen MR) is 129 cm³/mol. The summed E-state index contributed by atoms with van der Waals surface area (Å²) in [4.78, 5) is 14.6. The van der Waals surface area contributed by atoms with Crippen molar-refractivity contribution < 1.29 is 14.6 Å². The number of hydrogen-bond donors (Lipinski definition) is 1. The molecular weight excluding hydrogens is 414 g/mol. The number of hydrogen-bond acceptors (Lipinski definition) is 5. The summed E-state index contributed by atoms with van der Waals surface area (Å²) in [6.07, 6.45) is 4.59. The van der Waals surface area contributed by atoms with E-state index in [1.165, 1.54) is 17.6 Å². The second-order valence-electron chi connectivity index (χ2n) is 10.5. The van der Waals surface area contributed by atoms with Crippen LogP contribution in [0, 0.1) is 17.3 Å². The van der Waals surface area contributed by atoms with E-state index in [0.717, 1.165) is 29.4 Å². The molecule has 1 aliphatic heterocycles. The molecule has 6 nitrogen and oxygen atoms in total. The Morgan fingerprint density at radius 1 is 1.12 bits per heavy atom. The van der Waals surface area contributed by atoms with Crippen molar-refractivity contribution in [1.82, 2.24) is 15.0 Å². The molecule has 2 aromatic carbocycles. The molecule has 176 valence electrons. The molecule has 3 aromatic rings. The van der Waals surface area contributed by atoms with E-state index in [9.17, 15) is 9.90 Å². The Kier molecular flexibility index (Phi) is 6.21. The Hall–Kier alpha value is -2.89. The first-order valence-corrected chi connectivity index (χ1v) is 12.0. The Bertz CT molecular complexity index is 1110. The average molecular weight is 450 g/mol. The third-order valence-electron chi connectivity index (χ3n) is 7.40. The lowest BCUT2D eigenvalue weighted by atomic mass is 9.58. The molecule has 0 spiro atoms. The van der Waals surface area contributed by atoms with Crippen LogP contribution in [0.1, 0.15) is 65.9 Å². The van der Waals surface area contributed by atoms with Crippen molar-refractivity contribution in [2.75, 3.05) is 6.61 Å². The number of phenols is 1. The summed E-state index contributed by atoms with van der Waals surface area (Å²) in [5, 5.41) is 19.7. The van der Waals surface area contributed by atoms with Gasteiger partial charge in [0.2, 0.25) is 0 Å². The molecule has 1 N–H and O–H groups in total. The first kappa shape index (κ1) is 23.3. The number of aromatic hydroxyl groups is 1. The van der Waals surface area contributed by atoms with Gasteiger partial charge < -0.3 is 9.84 Å². The summed E-state index contributed by atoms with van der Waals surface area (Å²) in [5.41, 5.74) is 2.13. The second kappa shape index (κ2) is 8.81. The van der Waals surface area contributed by atoms with Crippen LogP contribution < -0.4 is 0 Å². The summed E-state index contributed by atoms with van der Waals surface area (Å²) < 4.78 is 5.40. The van der Waals surface area contributed by atoms with Crippen LogP contribution in [0.2, 0.25) is 0 Å². The number of carbonyl (C=O) groups excluding carboxylic acids is 1. The van der Waals surface area contributed by atoms with E-state index in [1.54, 1.807) is 6.07 Å². The van der Waals surface area contributed by atoms with Gasteiger partial charge in [0.05, 0.1) is 0 Å². The summed E-state index contributed by atoms with van der Waals surface area (Å²) in [6.45, 7) is 11.5. The average Bonchev–Trinajstić information content (AvgIpc) is 3.20. The zero-order chi connectivity index (χ0) is 23.8. The first-order valence-electron chi connectivity index (χ1n) is 12.0. The number of ether oxygens (including phenoxy) is 1. The zero-order valence-corrected chi connectivity index (χ0v) is 20.3. The molecule has 1 aromatic heterocycles.